The Labute approximate surface area is 118 Å². The van der Waals surface area contributed by atoms with Crippen LogP contribution in [0.5, 0.6) is 0 Å². The average Bonchev–Trinajstić information content (AvgIpc) is 2.67. The van der Waals surface area contributed by atoms with Crippen molar-refractivity contribution in [3.8, 4) is 0 Å². The Morgan fingerprint density at radius 2 is 2.00 bits per heavy atom. The highest BCUT2D eigenvalue weighted by Crippen LogP contribution is 2.29. The highest BCUT2D eigenvalue weighted by atomic mass is 15.2. The molecule has 0 atom stereocenters. The van der Waals surface area contributed by atoms with Crippen LogP contribution < -0.4 is 5.32 Å². The van der Waals surface area contributed by atoms with Crippen molar-refractivity contribution in [3.63, 3.8) is 0 Å². The molecule has 0 bridgehead atoms. The lowest BCUT2D eigenvalue weighted by Crippen LogP contribution is -2.37. The lowest BCUT2D eigenvalue weighted by Gasteiger charge is -2.31. The van der Waals surface area contributed by atoms with E-state index < -0.39 is 0 Å². The van der Waals surface area contributed by atoms with Crippen molar-refractivity contribution in [2.24, 2.45) is 0 Å². The fourth-order valence-electron chi connectivity index (χ4n) is 2.84. The maximum absolute atomic E-state index is 3.49. The number of rotatable bonds is 5. The normalized spacial score (nSPS) is 19.2. The summed E-state index contributed by atoms with van der Waals surface area (Å²) in [7, 11) is 0. The van der Waals surface area contributed by atoms with Crippen LogP contribution in [-0.4, -0.2) is 23.0 Å². The van der Waals surface area contributed by atoms with Crippen LogP contribution in [0.2, 0.25) is 0 Å². The number of hydrogen-bond donors (Lipinski definition) is 1. The smallest absolute Gasteiger partial charge is 0.0239 e. The van der Waals surface area contributed by atoms with E-state index >= 15 is 0 Å². The maximum Gasteiger partial charge on any atom is 0.0239 e. The largest absolute Gasteiger partial charge is 0.310 e. The van der Waals surface area contributed by atoms with Gasteiger partial charge in [0.05, 0.1) is 0 Å². The SMILES string of the molecule is CC(C)NCc1cccc(CN2CCCC2(C)C)c1. The molecule has 1 aliphatic heterocycles. The van der Waals surface area contributed by atoms with E-state index in [1.807, 2.05) is 0 Å². The monoisotopic (exact) mass is 260 g/mol. The summed E-state index contributed by atoms with van der Waals surface area (Å²) in [5.41, 5.74) is 3.20. The highest BCUT2D eigenvalue weighted by Gasteiger charge is 2.31. The second-order valence-corrected chi connectivity index (χ2v) is 6.69. The molecule has 0 amide bonds. The number of hydrogen-bond acceptors (Lipinski definition) is 2. The second kappa shape index (κ2) is 6.06. The van der Waals surface area contributed by atoms with Crippen molar-refractivity contribution in [1.29, 1.82) is 0 Å². The van der Waals surface area contributed by atoms with E-state index in [0.717, 1.165) is 13.1 Å². The fourth-order valence-corrected chi connectivity index (χ4v) is 2.84. The Morgan fingerprint density at radius 1 is 1.26 bits per heavy atom. The summed E-state index contributed by atoms with van der Waals surface area (Å²) in [6.45, 7) is 12.4. The molecule has 1 heterocycles. The van der Waals surface area contributed by atoms with Gasteiger partial charge in [0.2, 0.25) is 0 Å². The van der Waals surface area contributed by atoms with E-state index in [4.69, 9.17) is 0 Å². The zero-order valence-corrected chi connectivity index (χ0v) is 12.9. The van der Waals surface area contributed by atoms with E-state index in [-0.39, 0.29) is 0 Å². The number of benzene rings is 1. The van der Waals surface area contributed by atoms with E-state index in [2.05, 4.69) is 62.2 Å². The van der Waals surface area contributed by atoms with Crippen LogP contribution >= 0.6 is 0 Å². The van der Waals surface area contributed by atoms with Crippen LogP contribution in [0.4, 0.5) is 0 Å². The van der Waals surface area contributed by atoms with E-state index in [9.17, 15) is 0 Å². The Morgan fingerprint density at radius 3 is 2.63 bits per heavy atom. The van der Waals surface area contributed by atoms with Crippen molar-refractivity contribution in [3.05, 3.63) is 35.4 Å². The number of nitrogens with zero attached hydrogens (tertiary/aromatic N) is 1. The first kappa shape index (κ1) is 14.5. The van der Waals surface area contributed by atoms with Crippen LogP contribution in [0.15, 0.2) is 24.3 Å². The molecule has 1 aromatic rings. The third-order valence-electron chi connectivity index (χ3n) is 4.15. The predicted molar refractivity (Wildman–Crippen MR) is 82.1 cm³/mol. The van der Waals surface area contributed by atoms with Gasteiger partial charge >= 0.3 is 0 Å². The van der Waals surface area contributed by atoms with Crippen molar-refractivity contribution in [2.75, 3.05) is 6.54 Å². The first-order chi connectivity index (χ1) is 8.97. The molecule has 0 saturated carbocycles. The minimum absolute atomic E-state index is 0.367. The highest BCUT2D eigenvalue weighted by molar-refractivity contribution is 5.23. The molecule has 2 nitrogen and oxygen atoms in total. The molecule has 2 rings (SSSR count). The van der Waals surface area contributed by atoms with Gasteiger partial charge in [0.1, 0.15) is 0 Å². The van der Waals surface area contributed by atoms with E-state index in [1.54, 1.807) is 0 Å². The van der Waals surface area contributed by atoms with Crippen molar-refractivity contribution < 1.29 is 0 Å². The zero-order chi connectivity index (χ0) is 13.9. The third-order valence-corrected chi connectivity index (χ3v) is 4.15. The van der Waals surface area contributed by atoms with Gasteiger partial charge in [0.15, 0.2) is 0 Å². The summed E-state index contributed by atoms with van der Waals surface area (Å²) < 4.78 is 0. The zero-order valence-electron chi connectivity index (χ0n) is 12.9. The van der Waals surface area contributed by atoms with Crippen molar-refractivity contribution in [2.45, 2.75) is 65.2 Å². The third kappa shape index (κ3) is 4.05. The number of nitrogens with one attached hydrogen (secondary N) is 1. The minimum atomic E-state index is 0.367. The lowest BCUT2D eigenvalue weighted by molar-refractivity contribution is 0.166. The summed E-state index contributed by atoms with van der Waals surface area (Å²) in [6, 6.07) is 9.56. The van der Waals surface area contributed by atoms with Crippen LogP contribution in [0.1, 0.15) is 51.7 Å². The molecule has 0 aliphatic carbocycles. The summed E-state index contributed by atoms with van der Waals surface area (Å²) in [6.07, 6.45) is 2.66. The minimum Gasteiger partial charge on any atom is -0.310 e. The van der Waals surface area contributed by atoms with Crippen molar-refractivity contribution in [1.82, 2.24) is 10.2 Å². The molecule has 2 heteroatoms. The van der Waals surface area contributed by atoms with Gasteiger partial charge in [-0.25, -0.2) is 0 Å². The summed E-state index contributed by atoms with van der Waals surface area (Å²) in [4.78, 5) is 2.61. The van der Waals surface area contributed by atoms with Gasteiger partial charge in [0.25, 0.3) is 0 Å². The molecule has 0 unspecified atom stereocenters. The maximum atomic E-state index is 3.49. The molecular weight excluding hydrogens is 232 g/mol. The molecule has 19 heavy (non-hydrogen) atoms. The summed E-state index contributed by atoms with van der Waals surface area (Å²) in [5.74, 6) is 0. The topological polar surface area (TPSA) is 15.3 Å². The van der Waals surface area contributed by atoms with Gasteiger partial charge in [-0.1, -0.05) is 38.1 Å². The molecular formula is C17H28N2. The summed E-state index contributed by atoms with van der Waals surface area (Å²) in [5, 5.41) is 3.49. The van der Waals surface area contributed by atoms with Gasteiger partial charge in [0, 0.05) is 24.7 Å². The molecule has 0 spiro atoms. The Kier molecular flexibility index (Phi) is 4.64. The molecule has 0 radical (unpaired) electrons. The molecule has 1 aromatic carbocycles. The van der Waals surface area contributed by atoms with E-state index in [1.165, 1.54) is 30.5 Å². The molecule has 0 aromatic heterocycles. The standard InChI is InChI=1S/C17H28N2/c1-14(2)18-12-15-7-5-8-16(11-15)13-19-10-6-9-17(19,3)4/h5,7-8,11,14,18H,6,9-10,12-13H2,1-4H3. The first-order valence-corrected chi connectivity index (χ1v) is 7.54. The molecule has 106 valence electrons. The lowest BCUT2D eigenvalue weighted by atomic mass is 10.0. The molecule has 1 fully saturated rings. The predicted octanol–water partition coefficient (Wildman–Crippen LogP) is 3.56. The molecule has 1 aliphatic rings. The van der Waals surface area contributed by atoms with Gasteiger partial charge in [-0.05, 0) is 44.4 Å². The van der Waals surface area contributed by atoms with Crippen LogP contribution in [0.3, 0.4) is 0 Å². The van der Waals surface area contributed by atoms with Crippen LogP contribution in [-0.2, 0) is 13.1 Å². The Bertz CT molecular complexity index is 409. The van der Waals surface area contributed by atoms with Gasteiger partial charge < -0.3 is 5.32 Å². The van der Waals surface area contributed by atoms with Crippen LogP contribution in [0, 0.1) is 0 Å². The quantitative estimate of drug-likeness (QED) is 0.871. The Hall–Kier alpha value is -0.860. The van der Waals surface area contributed by atoms with Gasteiger partial charge in [-0.2, -0.15) is 0 Å². The molecule has 1 saturated heterocycles. The van der Waals surface area contributed by atoms with Gasteiger partial charge in [-0.15, -0.1) is 0 Å². The fraction of sp³-hybridized carbons (Fsp3) is 0.647. The first-order valence-electron chi connectivity index (χ1n) is 7.54. The van der Waals surface area contributed by atoms with E-state index in [0.29, 0.717) is 11.6 Å². The van der Waals surface area contributed by atoms with Crippen molar-refractivity contribution >= 4 is 0 Å². The van der Waals surface area contributed by atoms with Crippen LogP contribution in [0.25, 0.3) is 0 Å². The second-order valence-electron chi connectivity index (χ2n) is 6.69. The Balaban J connectivity index is 1.99. The molecule has 1 N–H and O–H groups in total. The van der Waals surface area contributed by atoms with Gasteiger partial charge in [-0.3, -0.25) is 4.90 Å². The number of likely N-dealkylation sites (tertiary alicyclic amines) is 1. The summed E-state index contributed by atoms with van der Waals surface area (Å²) >= 11 is 0. The average molecular weight is 260 g/mol.